The molecule has 41 heavy (non-hydrogen) atoms. The molecule has 0 heterocycles. The van der Waals surface area contributed by atoms with Crippen LogP contribution in [-0.2, 0) is 22.4 Å². The summed E-state index contributed by atoms with van der Waals surface area (Å²) in [7, 11) is 0. The molecule has 4 rings (SSSR count). The van der Waals surface area contributed by atoms with Crippen LogP contribution in [0.15, 0.2) is 18.2 Å². The largest absolute Gasteiger partial charge is 0.616 e. The lowest BCUT2D eigenvalue weighted by Gasteiger charge is -2.51. The first-order valence-corrected chi connectivity index (χ1v) is 17.0. The Bertz CT molecular complexity index is 1030. The minimum atomic E-state index is -5.55. The van der Waals surface area contributed by atoms with E-state index in [1.165, 1.54) is 11.1 Å². The lowest BCUT2D eigenvalue weighted by Crippen LogP contribution is -2.46. The molecule has 3 aliphatic carbocycles. The van der Waals surface area contributed by atoms with Crippen molar-refractivity contribution in [2.24, 2.45) is 23.2 Å². The van der Waals surface area contributed by atoms with E-state index in [9.17, 15) is 36.4 Å². The van der Waals surface area contributed by atoms with E-state index in [-0.39, 0.29) is 11.2 Å². The molecule has 232 valence electrons. The predicted octanol–water partition coefficient (Wildman–Crippen LogP) is 8.89. The first-order valence-electron chi connectivity index (χ1n) is 15.5. The number of ketones is 1. The van der Waals surface area contributed by atoms with Crippen molar-refractivity contribution in [2.45, 2.75) is 121 Å². The molecule has 0 saturated heterocycles. The molecule has 1 aromatic carbocycles. The zero-order valence-electron chi connectivity index (χ0n) is 24.1. The molecule has 3 aliphatic rings. The van der Waals surface area contributed by atoms with Crippen molar-refractivity contribution in [3.05, 3.63) is 29.3 Å². The van der Waals surface area contributed by atoms with Crippen molar-refractivity contribution in [1.82, 2.24) is 0 Å². The molecule has 0 radical (unpaired) electrons. The topological polar surface area (TPSA) is 60.4 Å². The molecule has 0 spiro atoms. The van der Waals surface area contributed by atoms with Crippen LogP contribution in [0.2, 0.25) is 0 Å². The molecular weight excluding hydrogens is 559 g/mol. The molecule has 0 bridgehead atoms. The van der Waals surface area contributed by atoms with Gasteiger partial charge in [-0.15, -0.1) is 0 Å². The van der Waals surface area contributed by atoms with E-state index < -0.39 is 36.1 Å². The lowest BCUT2D eigenvalue weighted by molar-refractivity contribution is -0.284. The van der Waals surface area contributed by atoms with Crippen LogP contribution in [0.4, 0.5) is 22.0 Å². The number of carbonyl (C=O) groups is 1. The van der Waals surface area contributed by atoms with E-state index >= 15 is 0 Å². The second-order valence-corrected chi connectivity index (χ2v) is 14.7. The van der Waals surface area contributed by atoms with Crippen LogP contribution in [0.25, 0.3) is 0 Å². The highest BCUT2D eigenvalue weighted by Crippen LogP contribution is 2.61. The van der Waals surface area contributed by atoms with Gasteiger partial charge in [-0.3, -0.25) is 4.79 Å². The molecule has 6 atom stereocenters. The summed E-state index contributed by atoms with van der Waals surface area (Å²) >= 11 is -1.36. The SMILES string of the molecule is C[C@]12CC[C@@H]3c4ccc(O)cc4C[C@@H](CCCCCCCCC[S+]([O-])CCCC(F)(F)C(F)(F)F)[C@H]3[C@@H]1CCC2=O. The summed E-state index contributed by atoms with van der Waals surface area (Å²) in [6.07, 6.45) is 5.56. The Morgan fingerprint density at radius 2 is 1.63 bits per heavy atom. The molecular formula is C32H45F5O3S. The summed E-state index contributed by atoms with van der Waals surface area (Å²) in [6.45, 7) is 2.20. The van der Waals surface area contributed by atoms with Gasteiger partial charge in [0, 0.05) is 18.3 Å². The molecule has 1 unspecified atom stereocenters. The number of rotatable bonds is 14. The molecule has 3 nitrogen and oxygen atoms in total. The van der Waals surface area contributed by atoms with E-state index in [2.05, 4.69) is 13.0 Å². The number of alkyl halides is 5. The van der Waals surface area contributed by atoms with Crippen LogP contribution in [-0.4, -0.2) is 39.0 Å². The summed E-state index contributed by atoms with van der Waals surface area (Å²) in [6, 6.07) is 5.86. The summed E-state index contributed by atoms with van der Waals surface area (Å²) in [5, 5.41) is 10.1. The summed E-state index contributed by atoms with van der Waals surface area (Å²) in [5.74, 6) is -1.74. The number of unbranched alkanes of at least 4 members (excludes halogenated alkanes) is 6. The number of hydrogen-bond donors (Lipinski definition) is 1. The molecule has 1 N–H and O–H groups in total. The Morgan fingerprint density at radius 3 is 2.34 bits per heavy atom. The number of carbonyl (C=O) groups excluding carboxylic acids is 1. The summed E-state index contributed by atoms with van der Waals surface area (Å²) < 4.78 is 74.5. The van der Waals surface area contributed by atoms with Gasteiger partial charge in [-0.2, -0.15) is 22.0 Å². The maximum Gasteiger partial charge on any atom is 0.453 e. The quantitative estimate of drug-likeness (QED) is 0.131. The Hall–Kier alpha value is -1.35. The number of aromatic hydroxyl groups is 1. The Labute approximate surface area is 244 Å². The van der Waals surface area contributed by atoms with Gasteiger partial charge in [-0.05, 0) is 98.3 Å². The third-order valence-electron chi connectivity index (χ3n) is 10.3. The monoisotopic (exact) mass is 604 g/mol. The number of phenolic OH excluding ortho intramolecular Hbond substituents is 1. The summed E-state index contributed by atoms with van der Waals surface area (Å²) in [4.78, 5) is 12.8. The van der Waals surface area contributed by atoms with Crippen LogP contribution in [0, 0.1) is 23.2 Å². The normalized spacial score (nSPS) is 28.7. The molecule has 9 heteroatoms. The Kier molecular flexibility index (Phi) is 10.7. The Morgan fingerprint density at radius 1 is 0.976 bits per heavy atom. The number of benzene rings is 1. The van der Waals surface area contributed by atoms with Crippen molar-refractivity contribution in [3.8, 4) is 5.75 Å². The standard InChI is InChI=1S/C32H45F5O3S/c1-30-17-15-26-25-12-11-24(38)21-23(25)20-22(29(26)27(30)13-14-28(30)39)10-7-5-3-2-4-6-8-18-41(40)19-9-16-31(33,34)32(35,36)37/h11-12,21-22,26-27,29,38H,2-10,13-20H2,1H3/t22-,26-,27+,29-,30+,41?/m1/s1. The molecule has 2 fully saturated rings. The minimum Gasteiger partial charge on any atom is -0.616 e. The maximum atomic E-state index is 12.9. The number of phenols is 1. The van der Waals surface area contributed by atoms with Crippen molar-refractivity contribution >= 4 is 17.0 Å². The highest BCUT2D eigenvalue weighted by atomic mass is 32.2. The van der Waals surface area contributed by atoms with Gasteiger partial charge in [0.2, 0.25) is 0 Å². The van der Waals surface area contributed by atoms with Crippen molar-refractivity contribution in [3.63, 3.8) is 0 Å². The van der Waals surface area contributed by atoms with Gasteiger partial charge in [-0.1, -0.05) is 56.3 Å². The van der Waals surface area contributed by atoms with Crippen molar-refractivity contribution in [2.75, 3.05) is 11.5 Å². The predicted molar refractivity (Wildman–Crippen MR) is 152 cm³/mol. The summed E-state index contributed by atoms with van der Waals surface area (Å²) in [5.41, 5.74) is 2.48. The average Bonchev–Trinajstić information content (AvgIpc) is 3.20. The number of halogens is 5. The van der Waals surface area contributed by atoms with Gasteiger partial charge in [0.1, 0.15) is 23.0 Å². The maximum absolute atomic E-state index is 12.9. The minimum absolute atomic E-state index is 0.118. The van der Waals surface area contributed by atoms with Crippen LogP contribution in [0.1, 0.15) is 114 Å². The van der Waals surface area contributed by atoms with Gasteiger partial charge >= 0.3 is 12.1 Å². The third kappa shape index (κ3) is 7.60. The lowest BCUT2D eigenvalue weighted by atomic mass is 9.52. The second kappa shape index (κ2) is 13.5. The second-order valence-electron chi connectivity index (χ2n) is 13.0. The number of fused-ring (bicyclic) bond motifs is 5. The van der Waals surface area contributed by atoms with E-state index in [1.807, 2.05) is 6.07 Å². The molecule has 0 aromatic heterocycles. The zero-order valence-corrected chi connectivity index (χ0v) is 24.9. The smallest absolute Gasteiger partial charge is 0.453 e. The van der Waals surface area contributed by atoms with Crippen molar-refractivity contribution < 1.29 is 36.4 Å². The Balaban J connectivity index is 1.15. The van der Waals surface area contributed by atoms with Gasteiger partial charge in [0.25, 0.3) is 0 Å². The van der Waals surface area contributed by atoms with Gasteiger partial charge in [-0.25, -0.2) is 0 Å². The van der Waals surface area contributed by atoms with Gasteiger partial charge in [0.15, 0.2) is 0 Å². The van der Waals surface area contributed by atoms with Crippen LogP contribution in [0.5, 0.6) is 5.75 Å². The highest BCUT2D eigenvalue weighted by molar-refractivity contribution is 7.91. The van der Waals surface area contributed by atoms with E-state index in [4.69, 9.17) is 0 Å². The highest BCUT2D eigenvalue weighted by Gasteiger charge is 2.57. The third-order valence-corrected chi connectivity index (χ3v) is 11.8. The zero-order chi connectivity index (χ0) is 29.8. The first-order chi connectivity index (χ1) is 19.3. The van der Waals surface area contributed by atoms with E-state index in [0.717, 1.165) is 70.6 Å². The molecule has 0 aliphatic heterocycles. The first kappa shape index (κ1) is 32.6. The van der Waals surface area contributed by atoms with Crippen LogP contribution >= 0.6 is 0 Å². The molecule has 2 saturated carbocycles. The number of Topliss-reactive ketones (excluding diaryl/α,β-unsaturated/α-hetero) is 1. The fourth-order valence-electron chi connectivity index (χ4n) is 8.08. The fraction of sp³-hybridized carbons (Fsp3) is 0.781. The van der Waals surface area contributed by atoms with Gasteiger partial charge < -0.3 is 9.66 Å². The van der Waals surface area contributed by atoms with Gasteiger partial charge in [0.05, 0.1) is 0 Å². The molecule has 0 amide bonds. The molecule has 1 aromatic rings. The number of hydrogen-bond acceptors (Lipinski definition) is 3. The van der Waals surface area contributed by atoms with E-state index in [0.29, 0.717) is 53.8 Å². The van der Waals surface area contributed by atoms with E-state index in [1.54, 1.807) is 6.07 Å². The van der Waals surface area contributed by atoms with Crippen LogP contribution < -0.4 is 0 Å². The van der Waals surface area contributed by atoms with Crippen molar-refractivity contribution in [1.29, 1.82) is 0 Å². The van der Waals surface area contributed by atoms with Crippen LogP contribution in [0.3, 0.4) is 0 Å². The fourth-order valence-corrected chi connectivity index (χ4v) is 9.28. The average molecular weight is 605 g/mol.